The number of aliphatic carboxylic acids is 1. The Kier molecular flexibility index (Phi) is 12.8. The molecule has 0 radical (unpaired) electrons. The number of methoxy groups -OCH3 is 2. The minimum absolute atomic E-state index is 0.0307. The first-order valence-corrected chi connectivity index (χ1v) is 16.1. The number of likely N-dealkylation sites (tertiary alicyclic amines) is 1. The number of carbonyl (C=O) groups excluding carboxylic acids is 3. The molecule has 8 unspecified atom stereocenters. The lowest BCUT2D eigenvalue weighted by Crippen LogP contribution is -2.55. The highest BCUT2D eigenvalue weighted by Gasteiger charge is 2.44. The molecule has 8 atom stereocenters. The predicted molar refractivity (Wildman–Crippen MR) is 168 cm³/mol. The van der Waals surface area contributed by atoms with Crippen molar-refractivity contribution in [2.45, 2.75) is 109 Å². The quantitative estimate of drug-likeness (QED) is 0.289. The van der Waals surface area contributed by atoms with E-state index < -0.39 is 36.0 Å². The third-order valence-corrected chi connectivity index (χ3v) is 9.75. The minimum atomic E-state index is -1.07. The van der Waals surface area contributed by atoms with E-state index in [4.69, 9.17) is 9.47 Å². The standard InChI is InChI=1S/C34H53N3O7/c1-9-21(4)31(36(6)28(38)17-20(2)3)27(43-7)19-29(39)37-16-12-15-26(37)32(44-8)22(5)33(40)35-30(34(41)42)25-18-23-13-10-11-14-24(23)25/h10-11,13-14,20-22,25-27,30-32H,9,12,15-19H2,1-8H3,(H,35,40)(H,41,42). The zero-order valence-corrected chi connectivity index (χ0v) is 27.7. The molecule has 44 heavy (non-hydrogen) atoms. The van der Waals surface area contributed by atoms with Crippen LogP contribution in [0.1, 0.15) is 83.8 Å². The van der Waals surface area contributed by atoms with Crippen molar-refractivity contribution in [1.82, 2.24) is 15.1 Å². The van der Waals surface area contributed by atoms with Crippen molar-refractivity contribution in [2.24, 2.45) is 17.8 Å². The molecule has 1 aliphatic heterocycles. The van der Waals surface area contributed by atoms with Gasteiger partial charge in [-0.2, -0.15) is 0 Å². The van der Waals surface area contributed by atoms with Crippen molar-refractivity contribution in [3.05, 3.63) is 35.4 Å². The first-order chi connectivity index (χ1) is 20.9. The van der Waals surface area contributed by atoms with Crippen molar-refractivity contribution in [1.29, 1.82) is 0 Å². The van der Waals surface area contributed by atoms with E-state index in [0.717, 1.165) is 24.0 Å². The molecule has 10 nitrogen and oxygen atoms in total. The van der Waals surface area contributed by atoms with Gasteiger partial charge in [0.05, 0.1) is 36.6 Å². The summed E-state index contributed by atoms with van der Waals surface area (Å²) >= 11 is 0. The van der Waals surface area contributed by atoms with Gasteiger partial charge in [0.15, 0.2) is 0 Å². The molecule has 1 aromatic rings. The number of carboxylic acids is 1. The van der Waals surface area contributed by atoms with Gasteiger partial charge in [-0.15, -0.1) is 0 Å². The average molecular weight is 616 g/mol. The zero-order valence-electron chi connectivity index (χ0n) is 27.7. The SMILES string of the molecule is CCC(C)C(C(CC(=O)N1CCCC1C(OC)C(C)C(=O)NC(C(=O)O)C1Cc2ccccc21)OC)N(C)C(=O)CC(C)C. The van der Waals surface area contributed by atoms with Crippen molar-refractivity contribution >= 4 is 23.7 Å². The lowest BCUT2D eigenvalue weighted by molar-refractivity contribution is -0.147. The third kappa shape index (κ3) is 7.99. The van der Waals surface area contributed by atoms with E-state index in [9.17, 15) is 24.3 Å². The molecular formula is C34H53N3O7. The molecule has 0 bridgehead atoms. The van der Waals surface area contributed by atoms with Gasteiger partial charge in [-0.1, -0.05) is 65.3 Å². The minimum Gasteiger partial charge on any atom is -0.480 e. The highest BCUT2D eigenvalue weighted by molar-refractivity contribution is 5.86. The predicted octanol–water partition coefficient (Wildman–Crippen LogP) is 3.86. The first kappa shape index (κ1) is 35.5. The summed E-state index contributed by atoms with van der Waals surface area (Å²) in [5, 5.41) is 12.8. The highest BCUT2D eigenvalue weighted by atomic mass is 16.5. The molecule has 2 N–H and O–H groups in total. The Morgan fingerprint density at radius 3 is 2.32 bits per heavy atom. The van der Waals surface area contributed by atoms with Crippen molar-refractivity contribution in [3.63, 3.8) is 0 Å². The lowest BCUT2D eigenvalue weighted by Gasteiger charge is -2.39. The summed E-state index contributed by atoms with van der Waals surface area (Å²) in [5.74, 6) is -2.22. The zero-order chi connectivity index (χ0) is 32.7. The Morgan fingerprint density at radius 2 is 1.75 bits per heavy atom. The van der Waals surface area contributed by atoms with E-state index in [-0.39, 0.29) is 48.1 Å². The number of fused-ring (bicyclic) bond motifs is 1. The second-order valence-corrected chi connectivity index (χ2v) is 13.1. The van der Waals surface area contributed by atoms with Crippen LogP contribution < -0.4 is 5.32 Å². The van der Waals surface area contributed by atoms with Crippen LogP contribution in [-0.2, 0) is 35.1 Å². The number of likely N-dealkylation sites (N-methyl/N-ethyl adjacent to an activating group) is 1. The number of benzene rings is 1. The van der Waals surface area contributed by atoms with Crippen LogP contribution in [0, 0.1) is 17.8 Å². The Balaban J connectivity index is 1.73. The van der Waals surface area contributed by atoms with E-state index in [2.05, 4.69) is 19.2 Å². The van der Waals surface area contributed by atoms with E-state index in [1.54, 1.807) is 30.9 Å². The van der Waals surface area contributed by atoms with Crippen LogP contribution >= 0.6 is 0 Å². The summed E-state index contributed by atoms with van der Waals surface area (Å²) in [6.45, 7) is 10.4. The van der Waals surface area contributed by atoms with Gasteiger partial charge in [-0.05, 0) is 42.2 Å². The Hall–Kier alpha value is -2.98. The fraction of sp³-hybridized carbons (Fsp3) is 0.706. The summed E-state index contributed by atoms with van der Waals surface area (Å²) in [6, 6.07) is 6.02. The molecule has 3 rings (SSSR count). The fourth-order valence-corrected chi connectivity index (χ4v) is 7.03. The molecule has 10 heteroatoms. The van der Waals surface area contributed by atoms with Crippen LogP contribution in [0.5, 0.6) is 0 Å². The molecule has 246 valence electrons. The first-order valence-electron chi connectivity index (χ1n) is 16.1. The van der Waals surface area contributed by atoms with Crippen LogP contribution in [-0.4, -0.2) is 96.7 Å². The maximum atomic E-state index is 13.9. The van der Waals surface area contributed by atoms with Gasteiger partial charge < -0.3 is 29.7 Å². The number of carboxylic acid groups (broad SMARTS) is 1. The number of carbonyl (C=O) groups is 4. The van der Waals surface area contributed by atoms with Crippen LogP contribution in [0.25, 0.3) is 0 Å². The maximum Gasteiger partial charge on any atom is 0.326 e. The molecule has 1 heterocycles. The van der Waals surface area contributed by atoms with Crippen molar-refractivity contribution < 1.29 is 33.8 Å². The van der Waals surface area contributed by atoms with Gasteiger partial charge in [0, 0.05) is 40.2 Å². The summed E-state index contributed by atoms with van der Waals surface area (Å²) in [7, 11) is 4.91. The molecule has 0 spiro atoms. The normalized spacial score (nSPS) is 21.8. The molecule has 0 aromatic heterocycles. The van der Waals surface area contributed by atoms with Crippen molar-refractivity contribution in [3.8, 4) is 0 Å². The smallest absolute Gasteiger partial charge is 0.326 e. The Bertz CT molecular complexity index is 1160. The van der Waals surface area contributed by atoms with Crippen LogP contribution in [0.15, 0.2) is 24.3 Å². The molecule has 1 saturated heterocycles. The van der Waals surface area contributed by atoms with Crippen LogP contribution in [0.2, 0.25) is 0 Å². The topological polar surface area (TPSA) is 125 Å². The van der Waals surface area contributed by atoms with E-state index >= 15 is 0 Å². The number of nitrogens with one attached hydrogen (secondary N) is 1. The number of hydrogen-bond acceptors (Lipinski definition) is 6. The molecule has 1 aliphatic carbocycles. The summed E-state index contributed by atoms with van der Waals surface area (Å²) in [4.78, 5) is 56.1. The third-order valence-electron chi connectivity index (χ3n) is 9.75. The highest BCUT2D eigenvalue weighted by Crippen LogP contribution is 2.38. The van der Waals surface area contributed by atoms with Gasteiger partial charge >= 0.3 is 5.97 Å². The van der Waals surface area contributed by atoms with E-state index in [0.29, 0.717) is 25.8 Å². The van der Waals surface area contributed by atoms with Gasteiger partial charge in [-0.25, -0.2) is 4.79 Å². The van der Waals surface area contributed by atoms with Crippen molar-refractivity contribution in [2.75, 3.05) is 27.8 Å². The summed E-state index contributed by atoms with van der Waals surface area (Å²) < 4.78 is 11.7. The summed E-state index contributed by atoms with van der Waals surface area (Å²) in [5.41, 5.74) is 2.05. The second kappa shape index (κ2) is 15.8. The number of amides is 3. The molecule has 1 aromatic carbocycles. The fourth-order valence-electron chi connectivity index (χ4n) is 7.03. The number of hydrogen-bond donors (Lipinski definition) is 2. The molecule has 0 saturated carbocycles. The second-order valence-electron chi connectivity index (χ2n) is 13.1. The number of rotatable bonds is 16. The molecule has 1 fully saturated rings. The Morgan fingerprint density at radius 1 is 1.07 bits per heavy atom. The van der Waals surface area contributed by atoms with E-state index in [1.165, 1.54) is 7.11 Å². The monoisotopic (exact) mass is 615 g/mol. The maximum absolute atomic E-state index is 13.9. The number of ether oxygens (including phenoxy) is 2. The van der Waals surface area contributed by atoms with Crippen LogP contribution in [0.4, 0.5) is 0 Å². The van der Waals surface area contributed by atoms with Gasteiger partial charge in [0.2, 0.25) is 17.7 Å². The average Bonchev–Trinajstić information content (AvgIpc) is 3.46. The van der Waals surface area contributed by atoms with E-state index in [1.807, 2.05) is 38.1 Å². The molecule has 2 aliphatic rings. The lowest BCUT2D eigenvalue weighted by atomic mass is 9.73. The number of nitrogens with zero attached hydrogens (tertiary/aromatic N) is 2. The van der Waals surface area contributed by atoms with Crippen LogP contribution in [0.3, 0.4) is 0 Å². The molecular weight excluding hydrogens is 562 g/mol. The molecule has 3 amide bonds. The van der Waals surface area contributed by atoms with Gasteiger partial charge in [-0.3, -0.25) is 14.4 Å². The van der Waals surface area contributed by atoms with Gasteiger partial charge in [0.1, 0.15) is 6.04 Å². The largest absolute Gasteiger partial charge is 0.480 e. The summed E-state index contributed by atoms with van der Waals surface area (Å²) in [6.07, 6.45) is 2.26. The van der Waals surface area contributed by atoms with Gasteiger partial charge in [0.25, 0.3) is 0 Å². The Labute approximate surface area is 262 Å².